The Labute approximate surface area is 121 Å². The van der Waals surface area contributed by atoms with Crippen LogP contribution in [0.2, 0.25) is 0 Å². The van der Waals surface area contributed by atoms with Crippen molar-refractivity contribution in [1.29, 1.82) is 0 Å². The van der Waals surface area contributed by atoms with Gasteiger partial charge in [-0.1, -0.05) is 25.1 Å². The minimum Gasteiger partial charge on any atom is -0.374 e. The third-order valence-corrected chi connectivity index (χ3v) is 3.80. The maximum Gasteiger partial charge on any atom is 0.224 e. The normalized spacial score (nSPS) is 15.8. The standard InChI is InChI=1S/C16H25N3O/c1-12(16(20)17-2)11-19(3)15-7-5-4-6-13(15)10-18-14-8-9-14/h4-7,12,14,18H,8-11H2,1-3H3,(H,17,20). The van der Waals surface area contributed by atoms with Crippen molar-refractivity contribution < 1.29 is 4.79 Å². The van der Waals surface area contributed by atoms with Crippen molar-refractivity contribution in [3.8, 4) is 0 Å². The maximum atomic E-state index is 11.6. The molecule has 0 saturated heterocycles. The highest BCUT2D eigenvalue weighted by Gasteiger charge is 2.21. The van der Waals surface area contributed by atoms with Crippen molar-refractivity contribution in [2.75, 3.05) is 25.5 Å². The van der Waals surface area contributed by atoms with Gasteiger partial charge in [0.05, 0.1) is 5.92 Å². The highest BCUT2D eigenvalue weighted by Crippen LogP contribution is 2.23. The van der Waals surface area contributed by atoms with Crippen LogP contribution < -0.4 is 15.5 Å². The molecular weight excluding hydrogens is 250 g/mol. The van der Waals surface area contributed by atoms with E-state index in [0.29, 0.717) is 6.04 Å². The molecule has 1 aromatic carbocycles. The topological polar surface area (TPSA) is 44.4 Å². The molecule has 0 heterocycles. The van der Waals surface area contributed by atoms with E-state index in [2.05, 4.69) is 46.8 Å². The Hall–Kier alpha value is -1.55. The summed E-state index contributed by atoms with van der Waals surface area (Å²) in [5.41, 5.74) is 2.50. The number of anilines is 1. The smallest absolute Gasteiger partial charge is 0.224 e. The van der Waals surface area contributed by atoms with Crippen molar-refractivity contribution in [1.82, 2.24) is 10.6 Å². The summed E-state index contributed by atoms with van der Waals surface area (Å²) in [6, 6.07) is 9.12. The molecule has 0 spiro atoms. The number of carbonyl (C=O) groups is 1. The number of hydrogen-bond donors (Lipinski definition) is 2. The molecule has 2 N–H and O–H groups in total. The molecule has 1 unspecified atom stereocenters. The van der Waals surface area contributed by atoms with Gasteiger partial charge in [0.1, 0.15) is 0 Å². The minimum absolute atomic E-state index is 0.0190. The second kappa shape index (κ2) is 6.75. The second-order valence-corrected chi connectivity index (χ2v) is 5.68. The number of rotatable bonds is 7. The second-order valence-electron chi connectivity index (χ2n) is 5.68. The largest absolute Gasteiger partial charge is 0.374 e. The van der Waals surface area contributed by atoms with Gasteiger partial charge in [0, 0.05) is 38.9 Å². The molecule has 1 aliphatic rings. The van der Waals surface area contributed by atoms with Gasteiger partial charge in [0.25, 0.3) is 0 Å². The van der Waals surface area contributed by atoms with Gasteiger partial charge >= 0.3 is 0 Å². The van der Waals surface area contributed by atoms with Crippen molar-refractivity contribution in [2.45, 2.75) is 32.4 Å². The Kier molecular flexibility index (Phi) is 5.01. The van der Waals surface area contributed by atoms with Crippen molar-refractivity contribution in [3.63, 3.8) is 0 Å². The first kappa shape index (κ1) is 14.9. The minimum atomic E-state index is -0.0190. The van der Waals surface area contributed by atoms with Crippen LogP contribution in [-0.4, -0.2) is 32.6 Å². The van der Waals surface area contributed by atoms with E-state index in [1.54, 1.807) is 7.05 Å². The van der Waals surface area contributed by atoms with Gasteiger partial charge in [0.2, 0.25) is 5.91 Å². The quantitative estimate of drug-likeness (QED) is 0.797. The summed E-state index contributed by atoms with van der Waals surface area (Å²) in [6.45, 7) is 3.58. The summed E-state index contributed by atoms with van der Waals surface area (Å²) < 4.78 is 0. The number of benzene rings is 1. The van der Waals surface area contributed by atoms with E-state index < -0.39 is 0 Å². The van der Waals surface area contributed by atoms with Crippen LogP contribution in [0.25, 0.3) is 0 Å². The lowest BCUT2D eigenvalue weighted by Crippen LogP contribution is -2.34. The molecule has 20 heavy (non-hydrogen) atoms. The molecule has 1 atom stereocenters. The van der Waals surface area contributed by atoms with E-state index in [4.69, 9.17) is 0 Å². The van der Waals surface area contributed by atoms with Gasteiger partial charge in [-0.05, 0) is 24.5 Å². The summed E-state index contributed by atoms with van der Waals surface area (Å²) in [7, 11) is 3.74. The van der Waals surface area contributed by atoms with Crippen LogP contribution >= 0.6 is 0 Å². The molecule has 0 bridgehead atoms. The van der Waals surface area contributed by atoms with Gasteiger partial charge < -0.3 is 15.5 Å². The molecule has 0 radical (unpaired) electrons. The van der Waals surface area contributed by atoms with Crippen LogP contribution in [-0.2, 0) is 11.3 Å². The Bertz CT molecular complexity index is 457. The van der Waals surface area contributed by atoms with E-state index in [1.165, 1.54) is 24.1 Å². The summed E-state index contributed by atoms with van der Waals surface area (Å²) in [5.74, 6) is 0.0693. The fourth-order valence-corrected chi connectivity index (χ4v) is 2.41. The van der Waals surface area contributed by atoms with Crippen LogP contribution in [0.4, 0.5) is 5.69 Å². The highest BCUT2D eigenvalue weighted by atomic mass is 16.1. The van der Waals surface area contributed by atoms with E-state index in [0.717, 1.165) is 13.1 Å². The molecule has 1 saturated carbocycles. The van der Waals surface area contributed by atoms with E-state index in [9.17, 15) is 4.79 Å². The molecule has 1 aliphatic carbocycles. The van der Waals surface area contributed by atoms with Gasteiger partial charge in [0.15, 0.2) is 0 Å². The van der Waals surface area contributed by atoms with E-state index >= 15 is 0 Å². The lowest BCUT2D eigenvalue weighted by Gasteiger charge is -2.25. The first-order valence-corrected chi connectivity index (χ1v) is 7.36. The molecule has 0 aromatic heterocycles. The number of para-hydroxylation sites is 1. The monoisotopic (exact) mass is 275 g/mol. The zero-order valence-electron chi connectivity index (χ0n) is 12.6. The summed E-state index contributed by atoms with van der Waals surface area (Å²) in [4.78, 5) is 13.8. The molecule has 2 rings (SSSR count). The zero-order valence-corrected chi connectivity index (χ0v) is 12.6. The molecule has 1 aromatic rings. The summed E-state index contributed by atoms with van der Waals surface area (Å²) in [6.07, 6.45) is 2.59. The summed E-state index contributed by atoms with van der Waals surface area (Å²) >= 11 is 0. The highest BCUT2D eigenvalue weighted by molar-refractivity contribution is 5.78. The number of amides is 1. The molecule has 0 aliphatic heterocycles. The summed E-state index contributed by atoms with van der Waals surface area (Å²) in [5, 5.41) is 6.26. The lowest BCUT2D eigenvalue weighted by atomic mass is 10.1. The molecule has 1 fully saturated rings. The number of nitrogens with zero attached hydrogens (tertiary/aromatic N) is 1. The van der Waals surface area contributed by atoms with Crippen LogP contribution in [0.5, 0.6) is 0 Å². The van der Waals surface area contributed by atoms with Crippen molar-refractivity contribution in [2.24, 2.45) is 5.92 Å². The molecule has 4 heteroatoms. The average Bonchev–Trinajstić information content (AvgIpc) is 3.28. The van der Waals surface area contributed by atoms with Gasteiger partial charge in [-0.3, -0.25) is 4.79 Å². The fraction of sp³-hybridized carbons (Fsp3) is 0.562. The maximum absolute atomic E-state index is 11.6. The number of hydrogen-bond acceptors (Lipinski definition) is 3. The molecule has 4 nitrogen and oxygen atoms in total. The Balaban J connectivity index is 2.00. The average molecular weight is 275 g/mol. The molecule has 110 valence electrons. The van der Waals surface area contributed by atoms with Crippen LogP contribution in [0.3, 0.4) is 0 Å². The number of carbonyl (C=O) groups excluding carboxylic acids is 1. The molecular formula is C16H25N3O. The fourth-order valence-electron chi connectivity index (χ4n) is 2.41. The van der Waals surface area contributed by atoms with Crippen molar-refractivity contribution in [3.05, 3.63) is 29.8 Å². The van der Waals surface area contributed by atoms with Crippen LogP contribution in [0.15, 0.2) is 24.3 Å². The van der Waals surface area contributed by atoms with E-state index in [-0.39, 0.29) is 11.8 Å². The Morgan fingerprint density at radius 3 is 2.75 bits per heavy atom. The SMILES string of the molecule is CNC(=O)C(C)CN(C)c1ccccc1CNC1CC1. The van der Waals surface area contributed by atoms with Gasteiger partial charge in [-0.2, -0.15) is 0 Å². The predicted molar refractivity (Wildman–Crippen MR) is 82.8 cm³/mol. The lowest BCUT2D eigenvalue weighted by molar-refractivity contribution is -0.123. The van der Waals surface area contributed by atoms with E-state index in [1.807, 2.05) is 6.92 Å². The third-order valence-electron chi connectivity index (χ3n) is 3.80. The predicted octanol–water partition coefficient (Wildman–Crippen LogP) is 1.76. The first-order chi connectivity index (χ1) is 9.61. The van der Waals surface area contributed by atoms with Gasteiger partial charge in [-0.15, -0.1) is 0 Å². The number of nitrogens with one attached hydrogen (secondary N) is 2. The van der Waals surface area contributed by atoms with Crippen LogP contribution in [0.1, 0.15) is 25.3 Å². The first-order valence-electron chi connectivity index (χ1n) is 7.36. The van der Waals surface area contributed by atoms with Gasteiger partial charge in [-0.25, -0.2) is 0 Å². The van der Waals surface area contributed by atoms with Crippen LogP contribution in [0, 0.1) is 5.92 Å². The zero-order chi connectivity index (χ0) is 14.5. The molecule has 1 amide bonds. The third kappa shape index (κ3) is 3.97. The Morgan fingerprint density at radius 1 is 1.40 bits per heavy atom. The Morgan fingerprint density at radius 2 is 2.10 bits per heavy atom. The van der Waals surface area contributed by atoms with Crippen molar-refractivity contribution >= 4 is 11.6 Å².